The molecule has 0 saturated heterocycles. The molecule has 0 aliphatic heterocycles. The summed E-state index contributed by atoms with van der Waals surface area (Å²) in [6.07, 6.45) is -1.87. The van der Waals surface area contributed by atoms with Crippen molar-refractivity contribution in [1.82, 2.24) is 4.98 Å². The van der Waals surface area contributed by atoms with Gasteiger partial charge in [-0.1, -0.05) is 0 Å². The molecule has 0 atom stereocenters. The number of fused-ring (bicyclic) bond motifs is 4. The van der Waals surface area contributed by atoms with Gasteiger partial charge in [-0.25, -0.2) is 0 Å². The number of hydrogen-bond acceptors (Lipinski definition) is 1. The number of rotatable bonds is 3. The quantitative estimate of drug-likeness (QED) is 0.175. The SMILES string of the molecule is Cc1cc(CC(C)(C)C)ccc1-c1cc2[se]c3c(-c4cc(C(C)(C)C)c5ccccc5c4)nccc3c2cc1C(F)(F)F. The van der Waals surface area contributed by atoms with Crippen molar-refractivity contribution in [2.45, 2.75) is 66.5 Å². The van der Waals surface area contributed by atoms with Crippen molar-refractivity contribution in [1.29, 1.82) is 0 Å². The van der Waals surface area contributed by atoms with E-state index >= 15 is 0 Å². The third kappa shape index (κ3) is 5.66. The van der Waals surface area contributed by atoms with Gasteiger partial charge in [0.15, 0.2) is 0 Å². The normalized spacial score (nSPS) is 13.0. The van der Waals surface area contributed by atoms with E-state index in [2.05, 4.69) is 71.9 Å². The van der Waals surface area contributed by atoms with E-state index < -0.39 is 11.7 Å². The van der Waals surface area contributed by atoms with E-state index in [0.717, 1.165) is 48.1 Å². The van der Waals surface area contributed by atoms with Crippen molar-refractivity contribution in [2.24, 2.45) is 5.41 Å². The van der Waals surface area contributed by atoms with Gasteiger partial charge < -0.3 is 0 Å². The van der Waals surface area contributed by atoms with Gasteiger partial charge in [0.1, 0.15) is 0 Å². The monoisotopic (exact) mass is 643 g/mol. The first kappa shape index (κ1) is 29.7. The Bertz CT molecular complexity index is 2020. The zero-order valence-electron chi connectivity index (χ0n) is 25.7. The molecule has 220 valence electrons. The molecule has 43 heavy (non-hydrogen) atoms. The van der Waals surface area contributed by atoms with Crippen LogP contribution in [0.3, 0.4) is 0 Å². The third-order valence-electron chi connectivity index (χ3n) is 8.09. The average molecular weight is 643 g/mol. The molecule has 0 saturated carbocycles. The molecule has 6 rings (SSSR count). The first-order chi connectivity index (χ1) is 20.1. The molecular weight excluding hydrogens is 606 g/mol. The maximum absolute atomic E-state index is 14.7. The number of aryl methyl sites for hydroxylation is 1. The van der Waals surface area contributed by atoms with E-state index in [1.807, 2.05) is 37.3 Å². The number of alkyl halides is 3. The molecule has 0 N–H and O–H groups in total. The molecule has 0 amide bonds. The zero-order chi connectivity index (χ0) is 30.9. The molecule has 0 spiro atoms. The molecule has 4 aromatic carbocycles. The molecule has 2 heterocycles. The molecular formula is C38H36F3NSe. The summed E-state index contributed by atoms with van der Waals surface area (Å²) in [6.45, 7) is 15.1. The molecule has 6 aromatic rings. The standard InChI is InChI=1S/C38H36F3NSe/c1-22-16-23(21-36(2,3)4)12-13-26(22)29-20-33-30(19-32(29)38(39,40)41)28-14-15-42-34(35(28)43-33)25-17-24-10-8-9-11-27(24)31(18-25)37(5,6)7/h8-20H,21H2,1-7H3. The van der Waals surface area contributed by atoms with Gasteiger partial charge in [-0.05, 0) is 0 Å². The second-order valence-corrected chi connectivity index (χ2v) is 16.1. The van der Waals surface area contributed by atoms with Gasteiger partial charge in [-0.15, -0.1) is 0 Å². The van der Waals surface area contributed by atoms with Crippen LogP contribution < -0.4 is 0 Å². The van der Waals surface area contributed by atoms with Crippen LogP contribution in [0.2, 0.25) is 0 Å². The summed E-state index contributed by atoms with van der Waals surface area (Å²) >= 11 is -0.194. The number of halogens is 3. The topological polar surface area (TPSA) is 12.9 Å². The fourth-order valence-electron chi connectivity index (χ4n) is 6.23. The van der Waals surface area contributed by atoms with Crippen molar-refractivity contribution < 1.29 is 13.2 Å². The van der Waals surface area contributed by atoms with E-state index in [4.69, 9.17) is 4.98 Å². The predicted octanol–water partition coefficient (Wildman–Crippen LogP) is 11.1. The summed E-state index contributed by atoms with van der Waals surface area (Å²) in [6, 6.07) is 23.7. The van der Waals surface area contributed by atoms with Crippen LogP contribution in [0.15, 0.2) is 79.0 Å². The number of hydrogen-bond donors (Lipinski definition) is 0. The molecule has 0 radical (unpaired) electrons. The third-order valence-corrected chi connectivity index (χ3v) is 10.6. The fraction of sp³-hybridized carbons (Fsp3) is 0.289. The van der Waals surface area contributed by atoms with Gasteiger partial charge >= 0.3 is 258 Å². The molecule has 0 fully saturated rings. The van der Waals surface area contributed by atoms with Crippen molar-refractivity contribution in [2.75, 3.05) is 0 Å². The van der Waals surface area contributed by atoms with Crippen LogP contribution in [0.5, 0.6) is 0 Å². The Morgan fingerprint density at radius 3 is 2.14 bits per heavy atom. The van der Waals surface area contributed by atoms with Gasteiger partial charge in [-0.3, -0.25) is 0 Å². The second-order valence-electron chi connectivity index (χ2n) is 13.9. The molecule has 0 aliphatic carbocycles. The van der Waals surface area contributed by atoms with Gasteiger partial charge in [0, 0.05) is 0 Å². The minimum absolute atomic E-state index is 0.0848. The molecule has 0 bridgehead atoms. The number of nitrogens with zero attached hydrogens (tertiary/aromatic N) is 1. The van der Waals surface area contributed by atoms with Gasteiger partial charge in [0.2, 0.25) is 0 Å². The van der Waals surface area contributed by atoms with Crippen molar-refractivity contribution in [3.05, 3.63) is 101 Å². The van der Waals surface area contributed by atoms with Crippen LogP contribution in [-0.2, 0) is 18.0 Å². The molecule has 0 aliphatic rings. The van der Waals surface area contributed by atoms with Crippen LogP contribution in [0.25, 0.3) is 52.4 Å². The van der Waals surface area contributed by atoms with E-state index in [1.54, 1.807) is 12.3 Å². The summed E-state index contributed by atoms with van der Waals surface area (Å²) in [4.78, 5) is 4.83. The summed E-state index contributed by atoms with van der Waals surface area (Å²) in [7, 11) is 0. The van der Waals surface area contributed by atoms with E-state index in [1.165, 1.54) is 17.0 Å². The summed E-state index contributed by atoms with van der Waals surface area (Å²) in [5.41, 5.74) is 5.44. The first-order valence-corrected chi connectivity index (χ1v) is 16.4. The molecule has 2 aromatic heterocycles. The average Bonchev–Trinajstić information content (AvgIpc) is 3.28. The van der Waals surface area contributed by atoms with Crippen molar-refractivity contribution in [3.8, 4) is 22.4 Å². The zero-order valence-corrected chi connectivity index (χ0v) is 27.4. The van der Waals surface area contributed by atoms with Crippen LogP contribution in [0.1, 0.15) is 63.8 Å². The van der Waals surface area contributed by atoms with Gasteiger partial charge in [0.05, 0.1) is 0 Å². The van der Waals surface area contributed by atoms with Gasteiger partial charge in [0.25, 0.3) is 0 Å². The van der Waals surface area contributed by atoms with Crippen LogP contribution in [-0.4, -0.2) is 19.5 Å². The minimum atomic E-state index is -4.48. The van der Waals surface area contributed by atoms with Crippen LogP contribution in [0.4, 0.5) is 13.2 Å². The molecule has 0 unspecified atom stereocenters. The summed E-state index contributed by atoms with van der Waals surface area (Å²) in [5.74, 6) is 0. The maximum atomic E-state index is 14.7. The van der Waals surface area contributed by atoms with E-state index in [-0.39, 0.29) is 30.9 Å². The summed E-state index contributed by atoms with van der Waals surface area (Å²) in [5, 5.41) is 3.89. The Hall–Kier alpha value is -3.40. The Labute approximate surface area is 257 Å². The van der Waals surface area contributed by atoms with E-state index in [0.29, 0.717) is 10.9 Å². The number of pyridine rings is 1. The summed E-state index contributed by atoms with van der Waals surface area (Å²) < 4.78 is 46.0. The molecule has 1 nitrogen and oxygen atoms in total. The van der Waals surface area contributed by atoms with Crippen LogP contribution >= 0.6 is 0 Å². The first-order valence-electron chi connectivity index (χ1n) is 14.7. The van der Waals surface area contributed by atoms with E-state index in [9.17, 15) is 13.2 Å². The Morgan fingerprint density at radius 1 is 0.721 bits per heavy atom. The van der Waals surface area contributed by atoms with Gasteiger partial charge in [-0.2, -0.15) is 0 Å². The van der Waals surface area contributed by atoms with Crippen molar-refractivity contribution in [3.63, 3.8) is 0 Å². The second kappa shape index (κ2) is 10.4. The molecule has 5 heteroatoms. The Balaban J connectivity index is 1.58. The Kier molecular flexibility index (Phi) is 7.14. The van der Waals surface area contributed by atoms with Crippen molar-refractivity contribution >= 4 is 44.6 Å². The fourth-order valence-corrected chi connectivity index (χ4v) is 8.81. The number of aromatic nitrogens is 1. The Morgan fingerprint density at radius 2 is 1.47 bits per heavy atom. The van der Waals surface area contributed by atoms with Crippen LogP contribution in [0, 0.1) is 12.3 Å². The predicted molar refractivity (Wildman–Crippen MR) is 176 cm³/mol. The number of benzene rings is 4.